The van der Waals surface area contributed by atoms with Gasteiger partial charge in [-0.1, -0.05) is 0 Å². The number of aryl methyl sites for hydroxylation is 1. The Bertz CT molecular complexity index is 1630. The van der Waals surface area contributed by atoms with E-state index in [0.29, 0.717) is 42.1 Å². The second-order valence-electron chi connectivity index (χ2n) is 10.9. The number of H-pyrrole nitrogens is 1. The van der Waals surface area contributed by atoms with E-state index in [9.17, 15) is 23.5 Å². The second kappa shape index (κ2) is 11.9. The number of aromatic amines is 1. The van der Waals surface area contributed by atoms with Crippen molar-refractivity contribution in [2.24, 2.45) is 5.92 Å². The first kappa shape index (κ1) is 29.0. The summed E-state index contributed by atoms with van der Waals surface area (Å²) in [6, 6.07) is 12.1. The van der Waals surface area contributed by atoms with Gasteiger partial charge in [0.2, 0.25) is 17.8 Å². The number of alkyl halides is 2. The molecule has 4 N–H and O–H groups in total. The molecule has 2 atom stereocenters. The van der Waals surface area contributed by atoms with Crippen LogP contribution in [0, 0.1) is 12.8 Å². The van der Waals surface area contributed by atoms with Crippen LogP contribution in [0.3, 0.4) is 0 Å². The molecule has 12 nitrogen and oxygen atoms in total. The van der Waals surface area contributed by atoms with Gasteiger partial charge >= 0.3 is 0 Å². The highest BCUT2D eigenvalue weighted by Gasteiger charge is 2.48. The summed E-state index contributed by atoms with van der Waals surface area (Å²) in [5.41, 5.74) is 2.27. The minimum Gasteiger partial charge on any atom is -0.394 e. The molecule has 0 aliphatic carbocycles. The lowest BCUT2D eigenvalue weighted by Gasteiger charge is -2.25. The Kier molecular flexibility index (Phi) is 8.03. The van der Waals surface area contributed by atoms with E-state index in [2.05, 4.69) is 30.8 Å². The first-order chi connectivity index (χ1) is 20.7. The van der Waals surface area contributed by atoms with Crippen LogP contribution in [0.1, 0.15) is 18.5 Å². The third-order valence-corrected chi connectivity index (χ3v) is 8.39. The molecule has 0 saturated carbocycles. The van der Waals surface area contributed by atoms with Gasteiger partial charge < -0.3 is 20.6 Å². The summed E-state index contributed by atoms with van der Waals surface area (Å²) in [6.07, 6.45) is 1.82. The number of amides is 2. The summed E-state index contributed by atoms with van der Waals surface area (Å²) in [4.78, 5) is 38.7. The molecular weight excluding hydrogens is 580 g/mol. The van der Waals surface area contributed by atoms with Crippen LogP contribution in [0.2, 0.25) is 0 Å². The molecule has 6 rings (SSSR count). The monoisotopic (exact) mass is 611 g/mol. The Morgan fingerprint density at radius 1 is 1.21 bits per heavy atom. The zero-order valence-electron chi connectivity index (χ0n) is 23.3. The number of carbonyl (C=O) groups excluding carboxylic acids is 2. The summed E-state index contributed by atoms with van der Waals surface area (Å²) in [7, 11) is 0. The van der Waals surface area contributed by atoms with Gasteiger partial charge in [0.15, 0.2) is 11.0 Å². The molecule has 2 fully saturated rings. The van der Waals surface area contributed by atoms with Crippen molar-refractivity contribution in [3.05, 3.63) is 54.4 Å². The molecule has 0 spiro atoms. The smallest absolute Gasteiger partial charge is 0.267 e. The highest BCUT2D eigenvalue weighted by Crippen LogP contribution is 2.34. The number of hydrogen-bond acceptors (Lipinski definition) is 9. The standard InChI is InChI=1S/C28H31F2N9O3S/c1-17-11-22(36-35-17)32-26-34-27(33-23-3-2-9-38(23)26)43-21-6-4-19(5-7-21)31-24(41)14-37-10-8-18(13-37)25(42)39-16-28(29,30)12-20(39)15-40/h2-7,9,11,18,20,40H,8,10,12-16H2,1H3,(H,31,41)(H2,32,33,34,35,36)/t18-,20-/m1/s1. The first-order valence-corrected chi connectivity index (χ1v) is 14.7. The molecule has 2 saturated heterocycles. The van der Waals surface area contributed by atoms with Crippen LogP contribution in [-0.4, -0.2) is 96.0 Å². The van der Waals surface area contributed by atoms with E-state index in [1.807, 2.05) is 52.8 Å². The molecule has 0 unspecified atom stereocenters. The minimum atomic E-state index is -2.99. The average Bonchev–Trinajstić information content (AvgIpc) is 3.77. The fraction of sp³-hybridized carbons (Fsp3) is 0.393. The van der Waals surface area contributed by atoms with Crippen LogP contribution < -0.4 is 10.6 Å². The van der Waals surface area contributed by atoms with E-state index in [4.69, 9.17) is 0 Å². The quantitative estimate of drug-likeness (QED) is 0.224. The second-order valence-corrected chi connectivity index (χ2v) is 11.9. The van der Waals surface area contributed by atoms with Gasteiger partial charge in [-0.05, 0) is 68.0 Å². The number of likely N-dealkylation sites (tertiary alicyclic amines) is 2. The van der Waals surface area contributed by atoms with Crippen molar-refractivity contribution >= 4 is 46.7 Å². The number of rotatable bonds is 9. The van der Waals surface area contributed by atoms with Crippen LogP contribution in [0.4, 0.5) is 26.2 Å². The molecule has 2 aliphatic heterocycles. The van der Waals surface area contributed by atoms with Crippen LogP contribution in [-0.2, 0) is 9.59 Å². The number of anilines is 3. The Hall–Kier alpha value is -4.08. The van der Waals surface area contributed by atoms with Crippen LogP contribution >= 0.6 is 11.8 Å². The van der Waals surface area contributed by atoms with E-state index in [-0.39, 0.29) is 18.4 Å². The van der Waals surface area contributed by atoms with Crippen molar-refractivity contribution in [2.75, 3.05) is 43.4 Å². The highest BCUT2D eigenvalue weighted by molar-refractivity contribution is 7.99. The maximum Gasteiger partial charge on any atom is 0.267 e. The third kappa shape index (κ3) is 6.63. The summed E-state index contributed by atoms with van der Waals surface area (Å²) >= 11 is 1.38. The van der Waals surface area contributed by atoms with Gasteiger partial charge in [-0.3, -0.25) is 24.0 Å². The van der Waals surface area contributed by atoms with Gasteiger partial charge in [0.05, 0.1) is 31.7 Å². The van der Waals surface area contributed by atoms with Crippen molar-refractivity contribution in [3.63, 3.8) is 0 Å². The normalized spacial score (nSPS) is 20.1. The maximum absolute atomic E-state index is 13.8. The summed E-state index contributed by atoms with van der Waals surface area (Å²) in [5, 5.41) is 23.2. The predicted octanol–water partition coefficient (Wildman–Crippen LogP) is 3.14. The summed E-state index contributed by atoms with van der Waals surface area (Å²) in [5.74, 6) is -2.86. The molecule has 3 aromatic heterocycles. The van der Waals surface area contributed by atoms with Gasteiger partial charge in [-0.2, -0.15) is 10.1 Å². The topological polar surface area (TPSA) is 144 Å². The lowest BCUT2D eigenvalue weighted by Crippen LogP contribution is -2.43. The molecule has 0 bridgehead atoms. The SMILES string of the molecule is Cc1cc(Nc2nc(Sc3ccc(NC(=O)CN4CC[C@@H](C(=O)N5CC(F)(F)C[C@@H]5CO)C4)cc3)nc3cccn23)n[nH]1. The lowest BCUT2D eigenvalue weighted by atomic mass is 10.1. The Morgan fingerprint density at radius 3 is 2.77 bits per heavy atom. The Labute approximate surface area is 249 Å². The maximum atomic E-state index is 13.8. The number of benzene rings is 1. The minimum absolute atomic E-state index is 0.0797. The highest BCUT2D eigenvalue weighted by atomic mass is 32.2. The van der Waals surface area contributed by atoms with E-state index in [1.54, 1.807) is 12.1 Å². The zero-order valence-corrected chi connectivity index (χ0v) is 24.2. The number of fused-ring (bicyclic) bond motifs is 1. The number of aliphatic hydroxyl groups excluding tert-OH is 1. The number of nitrogens with zero attached hydrogens (tertiary/aromatic N) is 6. The van der Waals surface area contributed by atoms with Crippen LogP contribution in [0.25, 0.3) is 5.65 Å². The average molecular weight is 612 g/mol. The molecule has 43 heavy (non-hydrogen) atoms. The zero-order chi connectivity index (χ0) is 30.1. The van der Waals surface area contributed by atoms with Gasteiger partial charge in [-0.25, -0.2) is 13.8 Å². The van der Waals surface area contributed by atoms with Gasteiger partial charge in [0.25, 0.3) is 5.92 Å². The first-order valence-electron chi connectivity index (χ1n) is 13.9. The van der Waals surface area contributed by atoms with E-state index < -0.39 is 37.5 Å². The number of halogens is 2. The van der Waals surface area contributed by atoms with E-state index in [0.717, 1.165) is 21.1 Å². The molecule has 4 aromatic rings. The van der Waals surface area contributed by atoms with Gasteiger partial charge in [0, 0.05) is 41.5 Å². The van der Waals surface area contributed by atoms with E-state index >= 15 is 0 Å². The fourth-order valence-corrected chi connectivity index (χ4v) is 6.24. The van der Waals surface area contributed by atoms with Crippen molar-refractivity contribution < 1.29 is 23.5 Å². The molecule has 0 radical (unpaired) electrons. The molecular formula is C28H31F2N9O3S. The van der Waals surface area contributed by atoms with Gasteiger partial charge in [-0.15, -0.1) is 0 Å². The third-order valence-electron chi connectivity index (χ3n) is 7.52. The number of aromatic nitrogens is 5. The number of aliphatic hydroxyl groups is 1. The molecule has 2 aliphatic rings. The lowest BCUT2D eigenvalue weighted by molar-refractivity contribution is -0.138. The molecule has 226 valence electrons. The van der Waals surface area contributed by atoms with Crippen LogP contribution in [0.5, 0.6) is 0 Å². The number of hydrogen-bond donors (Lipinski definition) is 4. The Balaban J connectivity index is 1.03. The van der Waals surface area contributed by atoms with Crippen molar-refractivity contribution in [2.45, 2.75) is 41.8 Å². The van der Waals surface area contributed by atoms with E-state index in [1.165, 1.54) is 11.8 Å². The molecule has 2 amide bonds. The Morgan fingerprint density at radius 2 is 2.02 bits per heavy atom. The number of nitrogens with one attached hydrogen (secondary N) is 3. The molecule has 1 aromatic carbocycles. The summed E-state index contributed by atoms with van der Waals surface area (Å²) in [6.45, 7) is 1.66. The van der Waals surface area contributed by atoms with Crippen molar-refractivity contribution in [3.8, 4) is 0 Å². The molecule has 5 heterocycles. The summed E-state index contributed by atoms with van der Waals surface area (Å²) < 4.78 is 29.5. The largest absolute Gasteiger partial charge is 0.394 e. The van der Waals surface area contributed by atoms with Crippen molar-refractivity contribution in [1.29, 1.82) is 0 Å². The predicted molar refractivity (Wildman–Crippen MR) is 155 cm³/mol. The van der Waals surface area contributed by atoms with Crippen molar-refractivity contribution in [1.82, 2.24) is 34.4 Å². The van der Waals surface area contributed by atoms with Gasteiger partial charge in [0.1, 0.15) is 5.65 Å². The fourth-order valence-electron chi connectivity index (χ4n) is 5.49. The molecule has 15 heteroatoms. The number of carbonyl (C=O) groups is 2. The van der Waals surface area contributed by atoms with Crippen LogP contribution in [0.15, 0.2) is 58.7 Å².